The second-order valence-electron chi connectivity index (χ2n) is 7.81. The van der Waals surface area contributed by atoms with Crippen LogP contribution in [0.2, 0.25) is 0 Å². The molecule has 4 rings (SSSR count). The summed E-state index contributed by atoms with van der Waals surface area (Å²) in [5.41, 5.74) is 1.38. The van der Waals surface area contributed by atoms with Gasteiger partial charge in [-0.1, -0.05) is 35.5 Å². The second kappa shape index (κ2) is 11.6. The minimum absolute atomic E-state index is 0.147. The maximum absolute atomic E-state index is 13.7. The summed E-state index contributed by atoms with van der Waals surface area (Å²) < 4.78 is 23.9. The number of methoxy groups -OCH3 is 1. The largest absolute Gasteiger partial charge is 0.490 e. The quantitative estimate of drug-likeness (QED) is 0.320. The van der Waals surface area contributed by atoms with Gasteiger partial charge in [0.05, 0.1) is 36.5 Å². The summed E-state index contributed by atoms with van der Waals surface area (Å²) in [6.45, 7) is 4.80. The first-order valence-corrected chi connectivity index (χ1v) is 12.5. The molecule has 37 heavy (non-hydrogen) atoms. The van der Waals surface area contributed by atoms with Crippen LogP contribution in [0.25, 0.3) is 6.08 Å². The number of esters is 1. The maximum Gasteiger partial charge on any atom is 0.337 e. The second-order valence-corrected chi connectivity index (χ2v) is 8.82. The van der Waals surface area contributed by atoms with Gasteiger partial charge in [-0.15, -0.1) is 6.42 Å². The number of terminal acetylenes is 1. The van der Waals surface area contributed by atoms with E-state index in [1.165, 1.54) is 29.2 Å². The molecular weight excluding hydrogens is 492 g/mol. The summed E-state index contributed by atoms with van der Waals surface area (Å²) in [5, 5.41) is 0. The van der Waals surface area contributed by atoms with Crippen molar-refractivity contribution in [1.82, 2.24) is 4.57 Å². The lowest BCUT2D eigenvalue weighted by molar-refractivity contribution is -0.136. The molecule has 8 nitrogen and oxygen atoms in total. The topological polar surface area (TPSA) is 88.3 Å². The van der Waals surface area contributed by atoms with Gasteiger partial charge in [0.2, 0.25) is 0 Å². The third kappa shape index (κ3) is 5.44. The maximum atomic E-state index is 13.7. The highest BCUT2D eigenvalue weighted by Gasteiger charge is 2.31. The fourth-order valence-corrected chi connectivity index (χ4v) is 4.93. The van der Waals surface area contributed by atoms with Gasteiger partial charge in [0.25, 0.3) is 5.56 Å². The highest BCUT2D eigenvalue weighted by Crippen LogP contribution is 2.35. The van der Waals surface area contributed by atoms with Crippen LogP contribution in [0, 0.1) is 12.3 Å². The van der Waals surface area contributed by atoms with Crippen LogP contribution in [-0.4, -0.2) is 37.5 Å². The summed E-state index contributed by atoms with van der Waals surface area (Å²) in [4.78, 5) is 31.3. The molecule has 0 spiro atoms. The van der Waals surface area contributed by atoms with E-state index in [2.05, 4.69) is 10.9 Å². The van der Waals surface area contributed by atoms with Gasteiger partial charge in [-0.05, 0) is 55.3 Å². The number of nitrogens with zero attached hydrogens (tertiary/aromatic N) is 2. The first kappa shape index (κ1) is 25.8. The summed E-state index contributed by atoms with van der Waals surface area (Å²) in [6.07, 6.45) is 8.49. The summed E-state index contributed by atoms with van der Waals surface area (Å²) in [5.74, 6) is 3.56. The van der Waals surface area contributed by atoms with E-state index in [0.29, 0.717) is 45.4 Å². The SMILES string of the molecule is C#CCOc1cccc(/C=c2/sc3n(c2=O)[C@H](c2ccc(OCC)c(OCC)c2)C(C(=O)OC)=CN=3)c1. The number of aromatic nitrogens is 1. The van der Waals surface area contributed by atoms with Crippen LogP contribution in [0.4, 0.5) is 0 Å². The fourth-order valence-electron chi connectivity index (χ4n) is 3.96. The lowest BCUT2D eigenvalue weighted by atomic mass is 9.97. The Bertz CT molecular complexity index is 1560. The molecule has 1 aliphatic heterocycles. The van der Waals surface area contributed by atoms with Crippen LogP contribution in [0.5, 0.6) is 17.2 Å². The standard InChI is InChI=1S/C28H26N2O6S/c1-5-13-36-20-10-8-9-18(14-20)15-24-26(31)30-25(21(27(32)33-4)17-29-28(30)37-24)19-11-12-22(34-6-2)23(16-19)35-7-3/h1,8-12,14-17,25H,6-7,13H2,2-4H3/b24-15+/t25-/m1/s1. The zero-order valence-electron chi connectivity index (χ0n) is 20.7. The van der Waals surface area contributed by atoms with E-state index in [0.717, 1.165) is 5.56 Å². The van der Waals surface area contributed by atoms with E-state index in [-0.39, 0.29) is 17.7 Å². The number of carbonyl (C=O) groups excluding carboxylic acids is 1. The van der Waals surface area contributed by atoms with Crippen molar-refractivity contribution < 1.29 is 23.7 Å². The van der Waals surface area contributed by atoms with Crippen molar-refractivity contribution >= 4 is 23.4 Å². The number of hydrogen-bond donors (Lipinski definition) is 0. The predicted molar refractivity (Wildman–Crippen MR) is 141 cm³/mol. The monoisotopic (exact) mass is 518 g/mol. The number of benzene rings is 2. The molecule has 190 valence electrons. The lowest BCUT2D eigenvalue weighted by Gasteiger charge is -2.23. The molecule has 0 aliphatic carbocycles. The molecule has 0 saturated carbocycles. The van der Waals surface area contributed by atoms with Crippen LogP contribution in [0.1, 0.15) is 31.0 Å². The van der Waals surface area contributed by atoms with Gasteiger partial charge < -0.3 is 18.9 Å². The third-order valence-electron chi connectivity index (χ3n) is 5.49. The van der Waals surface area contributed by atoms with E-state index in [4.69, 9.17) is 25.4 Å². The Labute approximate surface area is 218 Å². The first-order valence-electron chi connectivity index (χ1n) is 11.7. The number of hydrogen-bond acceptors (Lipinski definition) is 8. The Hall–Kier alpha value is -4.29. The summed E-state index contributed by atoms with van der Waals surface area (Å²) in [6, 6.07) is 11.9. The van der Waals surface area contributed by atoms with Gasteiger partial charge in [-0.3, -0.25) is 9.36 Å². The lowest BCUT2D eigenvalue weighted by Crippen LogP contribution is -2.39. The summed E-state index contributed by atoms with van der Waals surface area (Å²) in [7, 11) is 1.30. The van der Waals surface area contributed by atoms with Gasteiger partial charge in [-0.2, -0.15) is 0 Å². The van der Waals surface area contributed by atoms with E-state index in [1.54, 1.807) is 30.3 Å². The number of fused-ring (bicyclic) bond motifs is 1. The van der Waals surface area contributed by atoms with Crippen molar-refractivity contribution in [3.8, 4) is 29.6 Å². The molecular formula is C28H26N2O6S. The summed E-state index contributed by atoms with van der Waals surface area (Å²) >= 11 is 1.23. The molecule has 0 bridgehead atoms. The minimum atomic E-state index is -0.758. The molecule has 1 atom stereocenters. The van der Waals surface area contributed by atoms with Crippen LogP contribution >= 0.6 is 11.3 Å². The van der Waals surface area contributed by atoms with Crippen molar-refractivity contribution in [3.63, 3.8) is 0 Å². The molecule has 0 fully saturated rings. The van der Waals surface area contributed by atoms with Crippen molar-refractivity contribution in [2.24, 2.45) is 4.99 Å². The van der Waals surface area contributed by atoms with E-state index >= 15 is 0 Å². The Morgan fingerprint density at radius 1 is 1.14 bits per heavy atom. The number of ether oxygens (including phenoxy) is 4. The minimum Gasteiger partial charge on any atom is -0.490 e. The molecule has 1 aliphatic rings. The Kier molecular flexibility index (Phi) is 8.11. The Balaban J connectivity index is 1.86. The van der Waals surface area contributed by atoms with Crippen LogP contribution < -0.4 is 29.1 Å². The molecule has 0 amide bonds. The highest BCUT2D eigenvalue weighted by molar-refractivity contribution is 7.07. The molecule has 9 heteroatoms. The van der Waals surface area contributed by atoms with Crippen molar-refractivity contribution in [2.75, 3.05) is 26.9 Å². The van der Waals surface area contributed by atoms with Crippen LogP contribution in [0.3, 0.4) is 0 Å². The number of rotatable bonds is 9. The molecule has 0 N–H and O–H groups in total. The molecule has 0 saturated heterocycles. The van der Waals surface area contributed by atoms with Crippen molar-refractivity contribution in [3.05, 3.63) is 85.1 Å². The normalized spacial score (nSPS) is 14.6. The van der Waals surface area contributed by atoms with Crippen LogP contribution in [0.15, 0.2) is 64.0 Å². The third-order valence-corrected chi connectivity index (χ3v) is 6.48. The zero-order valence-corrected chi connectivity index (χ0v) is 21.5. The van der Waals surface area contributed by atoms with E-state index < -0.39 is 12.0 Å². The predicted octanol–water partition coefficient (Wildman–Crippen LogP) is 2.83. The molecule has 2 aromatic carbocycles. The molecule has 2 heterocycles. The van der Waals surface area contributed by atoms with Crippen molar-refractivity contribution in [2.45, 2.75) is 19.9 Å². The fraction of sp³-hybridized carbons (Fsp3) is 0.250. The van der Waals surface area contributed by atoms with E-state index in [1.807, 2.05) is 32.0 Å². The number of thiazole rings is 1. The molecule has 1 aromatic heterocycles. The first-order chi connectivity index (χ1) is 18.0. The average molecular weight is 519 g/mol. The molecule has 0 unspecified atom stereocenters. The van der Waals surface area contributed by atoms with Gasteiger partial charge in [0.1, 0.15) is 12.4 Å². The van der Waals surface area contributed by atoms with Gasteiger partial charge in [0, 0.05) is 6.20 Å². The van der Waals surface area contributed by atoms with Gasteiger partial charge >= 0.3 is 5.97 Å². The Morgan fingerprint density at radius 3 is 2.65 bits per heavy atom. The zero-order chi connectivity index (χ0) is 26.4. The van der Waals surface area contributed by atoms with Crippen molar-refractivity contribution in [1.29, 1.82) is 0 Å². The molecule has 3 aromatic rings. The van der Waals surface area contributed by atoms with E-state index in [9.17, 15) is 9.59 Å². The highest BCUT2D eigenvalue weighted by atomic mass is 32.1. The number of carbonyl (C=O) groups is 1. The molecule has 0 radical (unpaired) electrons. The van der Waals surface area contributed by atoms with Gasteiger partial charge in [-0.25, -0.2) is 9.79 Å². The Morgan fingerprint density at radius 2 is 1.92 bits per heavy atom. The van der Waals surface area contributed by atoms with Crippen LogP contribution in [-0.2, 0) is 9.53 Å². The van der Waals surface area contributed by atoms with Gasteiger partial charge in [0.15, 0.2) is 16.3 Å². The average Bonchev–Trinajstić information content (AvgIpc) is 3.22. The smallest absolute Gasteiger partial charge is 0.337 e.